The van der Waals surface area contributed by atoms with Crippen molar-refractivity contribution in [1.82, 2.24) is 0 Å². The third-order valence-corrected chi connectivity index (χ3v) is 8.79. The van der Waals surface area contributed by atoms with E-state index in [0.717, 1.165) is 90.3 Å². The van der Waals surface area contributed by atoms with E-state index in [1.807, 2.05) is 0 Å². The number of halogens is 2. The topological polar surface area (TPSA) is 35.5 Å². The molecule has 3 aliphatic rings. The molecular formula is C22H36Cl2O3. The third kappa shape index (κ3) is 3.71. The van der Waals surface area contributed by atoms with Crippen molar-refractivity contribution in [3.63, 3.8) is 0 Å². The van der Waals surface area contributed by atoms with Gasteiger partial charge in [-0.05, 0) is 64.2 Å². The first-order valence-corrected chi connectivity index (χ1v) is 11.8. The minimum absolute atomic E-state index is 0.262. The summed E-state index contributed by atoms with van der Waals surface area (Å²) in [5.74, 6) is 0.332. The maximum absolute atomic E-state index is 13.4. The molecule has 156 valence electrons. The summed E-state index contributed by atoms with van der Waals surface area (Å²) in [6.45, 7) is 5.98. The van der Waals surface area contributed by atoms with Crippen molar-refractivity contribution in [3.8, 4) is 0 Å². The lowest BCUT2D eigenvalue weighted by Crippen LogP contribution is -2.74. The molecule has 0 aromatic heterocycles. The largest absolute Gasteiger partial charge is 0.378 e. The van der Waals surface area contributed by atoms with Gasteiger partial charge < -0.3 is 9.47 Å². The van der Waals surface area contributed by atoms with Crippen LogP contribution >= 0.6 is 23.2 Å². The Morgan fingerprint density at radius 1 is 0.815 bits per heavy atom. The summed E-state index contributed by atoms with van der Waals surface area (Å²) in [7, 11) is 0. The quantitative estimate of drug-likeness (QED) is 0.345. The Bertz CT molecular complexity index is 462. The van der Waals surface area contributed by atoms with Gasteiger partial charge in [0.25, 0.3) is 0 Å². The van der Waals surface area contributed by atoms with Crippen LogP contribution in [0.4, 0.5) is 0 Å². The molecule has 0 radical (unpaired) electrons. The molecule has 0 amide bonds. The summed E-state index contributed by atoms with van der Waals surface area (Å²) >= 11 is 14.0. The molecule has 3 nitrogen and oxygen atoms in total. The monoisotopic (exact) mass is 418 g/mol. The van der Waals surface area contributed by atoms with Crippen LogP contribution in [0.2, 0.25) is 0 Å². The van der Waals surface area contributed by atoms with Crippen LogP contribution < -0.4 is 0 Å². The zero-order valence-corrected chi connectivity index (χ0v) is 18.5. The Kier molecular flexibility index (Phi) is 7.21. The van der Waals surface area contributed by atoms with Gasteiger partial charge >= 0.3 is 0 Å². The van der Waals surface area contributed by atoms with Gasteiger partial charge in [-0.1, -0.05) is 49.9 Å². The number of hydrogen-bond donors (Lipinski definition) is 0. The van der Waals surface area contributed by atoms with E-state index in [4.69, 9.17) is 32.7 Å². The van der Waals surface area contributed by atoms with E-state index in [1.54, 1.807) is 0 Å². The van der Waals surface area contributed by atoms with Gasteiger partial charge in [-0.15, -0.1) is 0 Å². The SMILES string of the molecule is CCCCOC1CC[C@]2(CC1)C(=O)[C@@]1(CCC(OCCCC)CC1)C2(Cl)Cl. The lowest BCUT2D eigenvalue weighted by atomic mass is 9.43. The van der Waals surface area contributed by atoms with Crippen molar-refractivity contribution in [3.05, 3.63) is 0 Å². The molecule has 3 aliphatic carbocycles. The van der Waals surface area contributed by atoms with Crippen LogP contribution in [0, 0.1) is 10.8 Å². The molecule has 3 saturated carbocycles. The summed E-state index contributed by atoms with van der Waals surface area (Å²) in [6.07, 6.45) is 11.7. The molecule has 0 heterocycles. The first-order chi connectivity index (χ1) is 12.9. The highest BCUT2D eigenvalue weighted by Crippen LogP contribution is 2.73. The number of ketones is 1. The van der Waals surface area contributed by atoms with Crippen LogP contribution in [0.25, 0.3) is 0 Å². The molecule has 3 rings (SSSR count). The fourth-order valence-electron chi connectivity index (χ4n) is 5.51. The van der Waals surface area contributed by atoms with Gasteiger partial charge in [-0.25, -0.2) is 0 Å². The summed E-state index contributed by atoms with van der Waals surface area (Å²) in [5.41, 5.74) is -1.09. The van der Waals surface area contributed by atoms with Gasteiger partial charge in [0.05, 0.1) is 23.0 Å². The van der Waals surface area contributed by atoms with Gasteiger partial charge in [0, 0.05) is 13.2 Å². The van der Waals surface area contributed by atoms with Crippen LogP contribution in [0.3, 0.4) is 0 Å². The molecule has 0 saturated heterocycles. The molecule has 0 N–H and O–H groups in total. The summed E-state index contributed by atoms with van der Waals surface area (Å²) in [6, 6.07) is 0. The van der Waals surface area contributed by atoms with Crippen molar-refractivity contribution >= 4 is 29.0 Å². The average Bonchev–Trinajstić information content (AvgIpc) is 2.68. The zero-order valence-electron chi connectivity index (χ0n) is 17.0. The van der Waals surface area contributed by atoms with E-state index in [1.165, 1.54) is 0 Å². The Balaban J connectivity index is 1.56. The Morgan fingerprint density at radius 3 is 1.48 bits per heavy atom. The minimum atomic E-state index is -0.931. The second-order valence-electron chi connectivity index (χ2n) is 8.92. The number of carbonyl (C=O) groups excluding carboxylic acids is 1. The van der Waals surface area contributed by atoms with Crippen molar-refractivity contribution in [2.75, 3.05) is 13.2 Å². The first kappa shape index (κ1) is 21.9. The maximum Gasteiger partial charge on any atom is 0.151 e. The van der Waals surface area contributed by atoms with Crippen LogP contribution in [0.15, 0.2) is 0 Å². The molecule has 0 unspecified atom stereocenters. The molecular weight excluding hydrogens is 383 g/mol. The zero-order chi connectivity index (χ0) is 19.5. The van der Waals surface area contributed by atoms with Gasteiger partial charge in [-0.2, -0.15) is 0 Å². The highest BCUT2D eigenvalue weighted by molar-refractivity contribution is 6.55. The molecule has 0 aromatic rings. The van der Waals surface area contributed by atoms with Gasteiger partial charge in [-0.3, -0.25) is 4.79 Å². The maximum atomic E-state index is 13.4. The van der Waals surface area contributed by atoms with Gasteiger partial charge in [0.15, 0.2) is 5.78 Å². The predicted octanol–water partition coefficient (Wildman–Crippen LogP) is 6.23. The summed E-state index contributed by atoms with van der Waals surface area (Å²) < 4.78 is 11.0. The summed E-state index contributed by atoms with van der Waals surface area (Å²) in [5, 5.41) is 0. The molecule has 0 aliphatic heterocycles. The lowest BCUT2D eigenvalue weighted by molar-refractivity contribution is -0.176. The van der Waals surface area contributed by atoms with E-state index >= 15 is 0 Å². The van der Waals surface area contributed by atoms with Crippen molar-refractivity contribution in [2.24, 2.45) is 10.8 Å². The average molecular weight is 419 g/mol. The number of rotatable bonds is 8. The normalized spacial score (nSPS) is 38.3. The van der Waals surface area contributed by atoms with Crippen molar-refractivity contribution < 1.29 is 14.3 Å². The molecule has 3 fully saturated rings. The molecule has 2 spiro atoms. The lowest BCUT2D eigenvalue weighted by Gasteiger charge is -2.66. The van der Waals surface area contributed by atoms with Crippen LogP contribution in [-0.4, -0.2) is 35.5 Å². The van der Waals surface area contributed by atoms with Gasteiger partial charge in [0.1, 0.15) is 4.33 Å². The van der Waals surface area contributed by atoms with Gasteiger partial charge in [0.2, 0.25) is 0 Å². The fraction of sp³-hybridized carbons (Fsp3) is 0.955. The Labute approximate surface area is 174 Å². The van der Waals surface area contributed by atoms with Crippen LogP contribution in [-0.2, 0) is 14.3 Å². The fourth-order valence-corrected chi connectivity index (χ4v) is 6.61. The molecule has 0 bridgehead atoms. The number of alkyl halides is 2. The number of unbranched alkanes of at least 4 members (excludes halogenated alkanes) is 2. The third-order valence-electron chi connectivity index (χ3n) is 7.35. The predicted molar refractivity (Wildman–Crippen MR) is 111 cm³/mol. The molecule has 5 heteroatoms. The second-order valence-corrected chi connectivity index (χ2v) is 10.2. The van der Waals surface area contributed by atoms with E-state index in [2.05, 4.69) is 13.8 Å². The number of ether oxygens (including phenoxy) is 2. The van der Waals surface area contributed by atoms with E-state index in [0.29, 0.717) is 5.78 Å². The number of hydrogen-bond acceptors (Lipinski definition) is 3. The van der Waals surface area contributed by atoms with Crippen molar-refractivity contribution in [2.45, 2.75) is 107 Å². The van der Waals surface area contributed by atoms with Crippen LogP contribution in [0.5, 0.6) is 0 Å². The standard InChI is InChI=1S/C22H36Cl2O3/c1-3-5-15-26-17-7-11-20(12-8-17)19(25)21(22(20,23)24)13-9-18(10-14-21)27-16-6-4-2/h17-18H,3-16H2,1-2H3/t17?,18?,20-,21-. The van der Waals surface area contributed by atoms with Crippen molar-refractivity contribution in [1.29, 1.82) is 0 Å². The molecule has 27 heavy (non-hydrogen) atoms. The Hall–Kier alpha value is 0.170. The van der Waals surface area contributed by atoms with Crippen LogP contribution in [0.1, 0.15) is 90.9 Å². The highest BCUT2D eigenvalue weighted by atomic mass is 35.5. The van der Waals surface area contributed by atoms with E-state index in [-0.39, 0.29) is 12.2 Å². The number of carbonyl (C=O) groups is 1. The van der Waals surface area contributed by atoms with E-state index < -0.39 is 15.2 Å². The highest BCUT2D eigenvalue weighted by Gasteiger charge is 2.79. The second kappa shape index (κ2) is 8.90. The van der Waals surface area contributed by atoms with E-state index in [9.17, 15) is 4.79 Å². The number of Topliss-reactive ketones (excluding diaryl/α,β-unsaturated/α-hetero) is 1. The minimum Gasteiger partial charge on any atom is -0.378 e. The molecule has 0 atom stereocenters. The summed E-state index contributed by atoms with van der Waals surface area (Å²) in [4.78, 5) is 13.4. The Morgan fingerprint density at radius 2 is 1.19 bits per heavy atom. The smallest absolute Gasteiger partial charge is 0.151 e. The first-order valence-electron chi connectivity index (χ1n) is 11.1. The molecule has 0 aromatic carbocycles.